The minimum atomic E-state index is -0.379. The van der Waals surface area contributed by atoms with Crippen LogP contribution in [0.1, 0.15) is 25.0 Å². The zero-order chi connectivity index (χ0) is 29.8. The third-order valence-electron chi connectivity index (χ3n) is 8.70. The smallest absolute Gasteiger partial charge is 0.145 e. The Morgan fingerprint density at radius 1 is 0.667 bits per heavy atom. The minimum absolute atomic E-state index is 0. The molecule has 5 nitrogen and oxygen atoms in total. The van der Waals surface area contributed by atoms with Gasteiger partial charge in [-0.25, -0.2) is 4.98 Å². The summed E-state index contributed by atoms with van der Waals surface area (Å²) in [5.41, 5.74) is 9.21. The molecule has 6 heteroatoms. The average molecular weight is 767 g/mol. The topological polar surface area (TPSA) is 37.1 Å². The van der Waals surface area contributed by atoms with Crippen LogP contribution in [0, 0.1) is 12.1 Å². The van der Waals surface area contributed by atoms with Gasteiger partial charge in [0.1, 0.15) is 17.2 Å². The summed E-state index contributed by atoms with van der Waals surface area (Å²) in [5.74, 6) is 0.871. The molecule has 0 spiro atoms. The first-order chi connectivity index (χ1) is 21.5. The van der Waals surface area contributed by atoms with Gasteiger partial charge < -0.3 is 4.57 Å². The van der Waals surface area contributed by atoms with E-state index in [0.29, 0.717) is 0 Å². The van der Waals surface area contributed by atoms with E-state index in [0.717, 1.165) is 61.6 Å². The Morgan fingerprint density at radius 3 is 2.24 bits per heavy atom. The second-order valence-corrected chi connectivity index (χ2v) is 11.7. The SMILES string of the molecule is CN1[OH+]N(c2[c-]c(C(C)(C)c3[c-]c4c(cc3)c3ccccc3n4-c3cc(-c4ccccc4)ccn3)ccc2)c2ccccc21.[Pt]. The van der Waals surface area contributed by atoms with E-state index in [1.807, 2.05) is 41.6 Å². The summed E-state index contributed by atoms with van der Waals surface area (Å²) in [5, 5.41) is 6.20. The van der Waals surface area contributed by atoms with Gasteiger partial charge in [-0.3, -0.25) is 0 Å². The number of fused-ring (bicyclic) bond motifs is 4. The van der Waals surface area contributed by atoms with Crippen molar-refractivity contribution in [2.24, 2.45) is 0 Å². The maximum atomic E-state index is 4.85. The van der Waals surface area contributed by atoms with E-state index in [4.69, 9.17) is 9.92 Å². The van der Waals surface area contributed by atoms with Crippen molar-refractivity contribution in [3.05, 3.63) is 151 Å². The Balaban J connectivity index is 0.00000325. The number of hydroxylamine groups is 1. The maximum Gasteiger partial charge on any atom is 0.145 e. The number of hydrogen-bond donors (Lipinski definition) is 0. The molecule has 0 saturated carbocycles. The van der Waals surface area contributed by atoms with E-state index in [1.165, 1.54) is 5.39 Å². The van der Waals surface area contributed by atoms with Crippen LogP contribution in [0.25, 0.3) is 38.8 Å². The predicted octanol–water partition coefficient (Wildman–Crippen LogP) is 9.20. The van der Waals surface area contributed by atoms with Gasteiger partial charge in [0.2, 0.25) is 0 Å². The van der Waals surface area contributed by atoms with Gasteiger partial charge in [-0.15, -0.1) is 27.6 Å². The van der Waals surface area contributed by atoms with Gasteiger partial charge in [-0.05, 0) is 52.3 Å². The van der Waals surface area contributed by atoms with Crippen LogP contribution in [0.4, 0.5) is 17.1 Å². The number of hydrogen-bond acceptors (Lipinski definition) is 3. The van der Waals surface area contributed by atoms with E-state index in [-0.39, 0.29) is 26.5 Å². The summed E-state index contributed by atoms with van der Waals surface area (Å²) in [4.78, 5) is 9.63. The molecular formula is C39H31N4OPt-. The molecule has 0 atom stereocenters. The zero-order valence-electron chi connectivity index (χ0n) is 25.2. The van der Waals surface area contributed by atoms with E-state index in [2.05, 4.69) is 134 Å². The monoisotopic (exact) mass is 766 g/mol. The van der Waals surface area contributed by atoms with Crippen molar-refractivity contribution in [1.82, 2.24) is 9.55 Å². The van der Waals surface area contributed by atoms with Crippen molar-refractivity contribution >= 4 is 38.9 Å². The van der Waals surface area contributed by atoms with E-state index in [9.17, 15) is 0 Å². The van der Waals surface area contributed by atoms with E-state index >= 15 is 0 Å². The quantitative estimate of drug-likeness (QED) is 0.130. The molecule has 0 radical (unpaired) electrons. The minimum Gasteiger partial charge on any atom is -0.319 e. The number of nitrogens with zero attached hydrogens (tertiary/aromatic N) is 4. The van der Waals surface area contributed by atoms with Crippen LogP contribution in [0.3, 0.4) is 0 Å². The average Bonchev–Trinajstić information content (AvgIpc) is 3.59. The molecule has 0 amide bonds. The van der Waals surface area contributed by atoms with Crippen molar-refractivity contribution in [2.45, 2.75) is 19.3 Å². The van der Waals surface area contributed by atoms with Crippen molar-refractivity contribution in [3.63, 3.8) is 0 Å². The zero-order valence-corrected chi connectivity index (χ0v) is 27.4. The van der Waals surface area contributed by atoms with Crippen LogP contribution in [-0.4, -0.2) is 21.5 Å². The Bertz CT molecular complexity index is 2170. The van der Waals surface area contributed by atoms with Gasteiger partial charge in [0, 0.05) is 38.5 Å². The standard InChI is InChI=1S/C39H30N4O.Pt/c1-39(2,29-14-11-15-31(25-29)43-36-19-10-9-18-35(36)41(3)44-43)30-20-21-33-32-16-7-8-17-34(32)42(37(33)26-30)38-24-28(22-23-40-38)27-12-5-4-6-13-27;/h4-24H,1-3H3;/q-2;/p+1. The fourth-order valence-corrected chi connectivity index (χ4v) is 6.26. The first kappa shape index (κ1) is 29.0. The molecule has 1 N–H and O–H groups in total. The third kappa shape index (κ3) is 4.84. The second kappa shape index (κ2) is 11.3. The summed E-state index contributed by atoms with van der Waals surface area (Å²) in [6.07, 6.45) is 1.89. The normalized spacial score (nSPS) is 12.9. The molecule has 0 unspecified atom stereocenters. The molecule has 8 rings (SSSR count). The van der Waals surface area contributed by atoms with Gasteiger partial charge in [-0.1, -0.05) is 80.0 Å². The number of rotatable bonds is 5. The summed E-state index contributed by atoms with van der Waals surface area (Å²) in [7, 11) is 1.97. The molecule has 0 bridgehead atoms. The number of aromatic nitrogens is 2. The molecule has 45 heavy (non-hydrogen) atoms. The van der Waals surface area contributed by atoms with E-state index in [1.54, 1.807) is 0 Å². The summed E-state index contributed by atoms with van der Waals surface area (Å²) in [6.45, 7) is 4.48. The number of pyridine rings is 1. The number of para-hydroxylation sites is 3. The molecule has 0 fully saturated rings. The molecule has 0 saturated heterocycles. The molecular weight excluding hydrogens is 736 g/mol. The molecule has 224 valence electrons. The second-order valence-electron chi connectivity index (χ2n) is 11.7. The summed E-state index contributed by atoms with van der Waals surface area (Å²) in [6, 6.07) is 49.7. The third-order valence-corrected chi connectivity index (χ3v) is 8.70. The van der Waals surface area contributed by atoms with Crippen LogP contribution < -0.4 is 10.1 Å². The molecule has 2 aromatic heterocycles. The predicted molar refractivity (Wildman–Crippen MR) is 179 cm³/mol. The van der Waals surface area contributed by atoms with Crippen molar-refractivity contribution < 1.29 is 26.0 Å². The van der Waals surface area contributed by atoms with Crippen LogP contribution in [0.5, 0.6) is 0 Å². The Morgan fingerprint density at radius 2 is 1.40 bits per heavy atom. The Kier molecular flexibility index (Phi) is 7.32. The van der Waals surface area contributed by atoms with Crippen LogP contribution in [0.2, 0.25) is 0 Å². The Labute approximate surface area is 277 Å². The molecule has 3 heterocycles. The van der Waals surface area contributed by atoms with Crippen molar-refractivity contribution in [3.8, 4) is 16.9 Å². The van der Waals surface area contributed by atoms with Crippen LogP contribution in [-0.2, 0) is 26.5 Å². The van der Waals surface area contributed by atoms with Gasteiger partial charge in [0.15, 0.2) is 0 Å². The Hall–Kier alpha value is -4.70. The largest absolute Gasteiger partial charge is 0.319 e. The fourth-order valence-electron chi connectivity index (χ4n) is 6.26. The number of anilines is 3. The molecule has 7 aromatic rings. The van der Waals surface area contributed by atoms with E-state index < -0.39 is 0 Å². The van der Waals surface area contributed by atoms with Gasteiger partial charge in [0.25, 0.3) is 0 Å². The number of benzene rings is 5. The summed E-state index contributed by atoms with van der Waals surface area (Å²) >= 11 is 0. The fraction of sp³-hybridized carbons (Fsp3) is 0.103. The first-order valence-electron chi connectivity index (χ1n) is 14.8. The van der Waals surface area contributed by atoms with Crippen molar-refractivity contribution in [2.75, 3.05) is 17.2 Å². The van der Waals surface area contributed by atoms with Crippen LogP contribution >= 0.6 is 0 Å². The maximum absolute atomic E-state index is 4.85. The summed E-state index contributed by atoms with van der Waals surface area (Å²) < 4.78 is 2.24. The van der Waals surface area contributed by atoms with Gasteiger partial charge in [-0.2, -0.15) is 46.4 Å². The van der Waals surface area contributed by atoms with Gasteiger partial charge >= 0.3 is 0 Å². The van der Waals surface area contributed by atoms with Crippen molar-refractivity contribution in [1.29, 1.82) is 0 Å². The molecule has 0 aliphatic carbocycles. The molecule has 1 aliphatic rings. The van der Waals surface area contributed by atoms with Crippen LogP contribution in [0.15, 0.2) is 128 Å². The molecule has 1 aliphatic heterocycles. The molecule has 5 aromatic carbocycles. The van der Waals surface area contributed by atoms with Gasteiger partial charge in [0.05, 0.1) is 7.05 Å². The first-order valence-corrected chi connectivity index (χ1v) is 14.8.